The van der Waals surface area contributed by atoms with E-state index in [2.05, 4.69) is 0 Å². The Morgan fingerprint density at radius 2 is 1.24 bits per heavy atom. The first-order valence-corrected chi connectivity index (χ1v) is 9.16. The highest BCUT2D eigenvalue weighted by molar-refractivity contribution is 6.44. The maximum Gasteiger partial charge on any atom is 0.296 e. The highest BCUT2D eigenvalue weighted by Gasteiger charge is 2.27. The average Bonchev–Trinajstić information content (AvgIpc) is 2.71. The molecule has 0 aliphatic heterocycles. The van der Waals surface area contributed by atoms with Crippen LogP contribution in [0.15, 0.2) is 62.5 Å². The maximum atomic E-state index is 13.3. The van der Waals surface area contributed by atoms with Crippen molar-refractivity contribution in [2.24, 2.45) is 0 Å². The van der Waals surface area contributed by atoms with E-state index in [0.717, 1.165) is 32.3 Å². The molecule has 0 saturated heterocycles. The van der Waals surface area contributed by atoms with Gasteiger partial charge in [0.2, 0.25) is 5.43 Å². The van der Waals surface area contributed by atoms with Gasteiger partial charge >= 0.3 is 0 Å². The van der Waals surface area contributed by atoms with Crippen molar-refractivity contribution >= 4 is 64.6 Å². The summed E-state index contributed by atoms with van der Waals surface area (Å²) in [5, 5.41) is 28.3. The third-order valence-corrected chi connectivity index (χ3v) is 6.18. The van der Waals surface area contributed by atoms with Crippen LogP contribution in [0.1, 0.15) is 0 Å². The molecule has 0 amide bonds. The van der Waals surface area contributed by atoms with Gasteiger partial charge in [-0.05, 0) is 44.5 Å². The van der Waals surface area contributed by atoms with Gasteiger partial charge in [-0.2, -0.15) is 0 Å². The standard InChI is InChI=1S/C24H10O5/c25-13-7-6-11-8-10-5-4-9-2-1-3-12-14(9)15(10)19-16(11)18(13)22(26)21-20(19)17(12)23(27)29-24(21)28/h1-8,27-28H. The Balaban J connectivity index is 2.11. The highest BCUT2D eigenvalue weighted by Crippen LogP contribution is 2.49. The first-order chi connectivity index (χ1) is 14.1. The molecule has 6 aromatic carbocycles. The third-order valence-electron chi connectivity index (χ3n) is 6.18. The van der Waals surface area contributed by atoms with Gasteiger partial charge < -0.3 is 14.6 Å². The molecule has 7 rings (SSSR count). The fourth-order valence-electron chi connectivity index (χ4n) is 5.12. The number of hydrogen-bond acceptors (Lipinski definition) is 5. The SMILES string of the molecule is O=c1ccc2cc3ccc4cccc5c6c(O)oc(O)c7c(=O)c1c2c(c76)c3c45. The molecule has 0 saturated carbocycles. The zero-order chi connectivity index (χ0) is 19.6. The molecule has 2 N–H and O–H groups in total. The van der Waals surface area contributed by atoms with Crippen molar-refractivity contribution in [1.29, 1.82) is 0 Å². The number of benzene rings is 6. The van der Waals surface area contributed by atoms with Crippen LogP contribution in [0, 0.1) is 0 Å². The Morgan fingerprint density at radius 1 is 0.586 bits per heavy atom. The lowest BCUT2D eigenvalue weighted by molar-refractivity contribution is 0.262. The Hall–Kier alpha value is -4.12. The molecule has 136 valence electrons. The molecule has 0 aliphatic carbocycles. The maximum absolute atomic E-state index is 13.3. The monoisotopic (exact) mass is 378 g/mol. The van der Waals surface area contributed by atoms with Crippen molar-refractivity contribution < 1.29 is 14.6 Å². The van der Waals surface area contributed by atoms with Gasteiger partial charge in [0, 0.05) is 16.2 Å². The average molecular weight is 378 g/mol. The van der Waals surface area contributed by atoms with E-state index in [1.165, 1.54) is 6.07 Å². The van der Waals surface area contributed by atoms with Crippen LogP contribution in [0.5, 0.6) is 11.9 Å². The summed E-state index contributed by atoms with van der Waals surface area (Å²) in [4.78, 5) is 26.0. The van der Waals surface area contributed by atoms with Crippen molar-refractivity contribution in [3.63, 3.8) is 0 Å². The highest BCUT2D eigenvalue weighted by atomic mass is 16.5. The van der Waals surface area contributed by atoms with Crippen LogP contribution >= 0.6 is 0 Å². The Kier molecular flexibility index (Phi) is 2.29. The van der Waals surface area contributed by atoms with Crippen LogP contribution in [-0.2, 0) is 0 Å². The van der Waals surface area contributed by atoms with Crippen LogP contribution < -0.4 is 10.9 Å². The van der Waals surface area contributed by atoms with Crippen LogP contribution in [-0.4, -0.2) is 10.2 Å². The van der Waals surface area contributed by atoms with Crippen molar-refractivity contribution in [3.8, 4) is 11.9 Å². The van der Waals surface area contributed by atoms with E-state index in [9.17, 15) is 19.8 Å². The zero-order valence-corrected chi connectivity index (χ0v) is 14.7. The molecule has 0 aliphatic rings. The van der Waals surface area contributed by atoms with E-state index >= 15 is 0 Å². The number of rotatable bonds is 0. The molecule has 7 aromatic rings. The smallest absolute Gasteiger partial charge is 0.296 e. The number of aromatic hydroxyl groups is 2. The van der Waals surface area contributed by atoms with Crippen LogP contribution in [0.2, 0.25) is 0 Å². The third kappa shape index (κ3) is 1.48. The Labute approximate surface area is 160 Å². The molecule has 5 nitrogen and oxygen atoms in total. The topological polar surface area (TPSA) is 87.7 Å². The van der Waals surface area contributed by atoms with Crippen molar-refractivity contribution in [2.75, 3.05) is 0 Å². The molecule has 5 heteroatoms. The van der Waals surface area contributed by atoms with Crippen LogP contribution in [0.3, 0.4) is 0 Å². The van der Waals surface area contributed by atoms with Crippen molar-refractivity contribution in [1.82, 2.24) is 0 Å². The quantitative estimate of drug-likeness (QED) is 0.296. The molecule has 29 heavy (non-hydrogen) atoms. The molecular weight excluding hydrogens is 368 g/mol. The van der Waals surface area contributed by atoms with Crippen molar-refractivity contribution in [3.05, 3.63) is 69.0 Å². The molecule has 0 atom stereocenters. The molecule has 0 radical (unpaired) electrons. The minimum Gasteiger partial charge on any atom is -0.480 e. The van der Waals surface area contributed by atoms with E-state index < -0.39 is 22.8 Å². The summed E-state index contributed by atoms with van der Waals surface area (Å²) < 4.78 is 5.16. The molecule has 0 unspecified atom stereocenters. The molecule has 1 aromatic heterocycles. The van der Waals surface area contributed by atoms with E-state index in [1.807, 2.05) is 36.4 Å². The summed E-state index contributed by atoms with van der Waals surface area (Å²) in [6, 6.07) is 14.8. The van der Waals surface area contributed by atoms with Gasteiger partial charge in [0.1, 0.15) is 5.39 Å². The predicted octanol–water partition coefficient (Wildman–Crippen LogP) is 4.64. The lowest BCUT2D eigenvalue weighted by atomic mass is 9.84. The molecule has 0 fully saturated rings. The van der Waals surface area contributed by atoms with Gasteiger partial charge in [0.25, 0.3) is 11.9 Å². The molecule has 0 spiro atoms. The second kappa shape index (κ2) is 4.47. The van der Waals surface area contributed by atoms with Gasteiger partial charge in [0.15, 0.2) is 5.43 Å². The summed E-state index contributed by atoms with van der Waals surface area (Å²) in [7, 11) is 0. The van der Waals surface area contributed by atoms with Crippen LogP contribution in [0.4, 0.5) is 0 Å². The molecule has 1 heterocycles. The minimum atomic E-state index is -0.683. The fraction of sp³-hybridized carbons (Fsp3) is 0. The summed E-state index contributed by atoms with van der Waals surface area (Å²) in [6.07, 6.45) is 0. The molecular formula is C24H10O5. The minimum absolute atomic E-state index is 0.0328. The Morgan fingerprint density at radius 3 is 2.07 bits per heavy atom. The lowest BCUT2D eigenvalue weighted by Crippen LogP contribution is -2.14. The summed E-state index contributed by atoms with van der Waals surface area (Å²) in [5.74, 6) is -1.14. The van der Waals surface area contributed by atoms with Gasteiger partial charge in [0.05, 0.1) is 10.8 Å². The normalized spacial score (nSPS) is 12.7. The number of fused-ring (bicyclic) bond motifs is 1. The zero-order valence-electron chi connectivity index (χ0n) is 14.7. The van der Waals surface area contributed by atoms with E-state index in [-0.39, 0.29) is 10.8 Å². The Bertz CT molecular complexity index is 1910. The summed E-state index contributed by atoms with van der Waals surface area (Å²) in [5.41, 5.74) is -0.986. The van der Waals surface area contributed by atoms with Gasteiger partial charge in [-0.1, -0.05) is 36.4 Å². The van der Waals surface area contributed by atoms with Gasteiger partial charge in [-0.3, -0.25) is 9.59 Å². The van der Waals surface area contributed by atoms with E-state index in [0.29, 0.717) is 21.5 Å². The van der Waals surface area contributed by atoms with Crippen LogP contribution in [0.25, 0.3) is 64.6 Å². The summed E-state index contributed by atoms with van der Waals surface area (Å²) >= 11 is 0. The second-order valence-corrected chi connectivity index (χ2v) is 7.52. The first-order valence-electron chi connectivity index (χ1n) is 9.16. The van der Waals surface area contributed by atoms with E-state index in [1.54, 1.807) is 6.07 Å². The van der Waals surface area contributed by atoms with Gasteiger partial charge in [-0.25, -0.2) is 0 Å². The number of hydrogen-bond donors (Lipinski definition) is 2. The first kappa shape index (κ1) is 14.9. The largest absolute Gasteiger partial charge is 0.480 e. The van der Waals surface area contributed by atoms with E-state index in [4.69, 9.17) is 4.42 Å². The predicted molar refractivity (Wildman–Crippen MR) is 113 cm³/mol. The molecule has 0 bridgehead atoms. The fourth-order valence-corrected chi connectivity index (χ4v) is 5.12. The van der Waals surface area contributed by atoms with Crippen molar-refractivity contribution in [2.45, 2.75) is 0 Å². The lowest BCUT2D eigenvalue weighted by Gasteiger charge is -2.19. The van der Waals surface area contributed by atoms with Gasteiger partial charge in [-0.15, -0.1) is 0 Å². The second-order valence-electron chi connectivity index (χ2n) is 7.52. The summed E-state index contributed by atoms with van der Waals surface area (Å²) in [6.45, 7) is 0.